The molecule has 1 heterocycles. The van der Waals surface area contributed by atoms with Crippen LogP contribution in [0.3, 0.4) is 0 Å². The molecular weight excluding hydrogens is 480 g/mol. The molecule has 3 aromatic carbocycles. The van der Waals surface area contributed by atoms with Crippen LogP contribution in [-0.4, -0.2) is 38.1 Å². The van der Waals surface area contributed by atoms with Crippen molar-refractivity contribution in [1.29, 1.82) is 0 Å². The van der Waals surface area contributed by atoms with Crippen LogP contribution in [0.15, 0.2) is 87.9 Å². The van der Waals surface area contributed by atoms with Gasteiger partial charge in [0.15, 0.2) is 5.69 Å². The molecule has 0 fully saturated rings. The Hall–Kier alpha value is -3.89. The maximum Gasteiger partial charge on any atom is 0.285 e. The number of sulfonamides is 1. The van der Waals surface area contributed by atoms with E-state index >= 15 is 0 Å². The van der Waals surface area contributed by atoms with Crippen LogP contribution >= 0.6 is 11.6 Å². The topological polar surface area (TPSA) is 124 Å². The zero-order valence-electron chi connectivity index (χ0n) is 17.8. The first-order valence-corrected chi connectivity index (χ1v) is 11.8. The summed E-state index contributed by atoms with van der Waals surface area (Å²) in [5.74, 6) is -0.757. The first kappa shape index (κ1) is 23.3. The van der Waals surface area contributed by atoms with E-state index in [-0.39, 0.29) is 27.2 Å². The van der Waals surface area contributed by atoms with Gasteiger partial charge < -0.3 is 14.8 Å². The minimum atomic E-state index is -4.14. The van der Waals surface area contributed by atoms with Crippen molar-refractivity contribution in [3.63, 3.8) is 0 Å². The second kappa shape index (κ2) is 9.54. The molecule has 0 aliphatic carbocycles. The third-order valence-electron chi connectivity index (χ3n) is 4.95. The second-order valence-corrected chi connectivity index (χ2v) is 9.37. The van der Waals surface area contributed by atoms with E-state index in [0.717, 1.165) is 4.31 Å². The summed E-state index contributed by atoms with van der Waals surface area (Å²) in [5.41, 5.74) is 0.838. The summed E-state index contributed by atoms with van der Waals surface area (Å²) in [6.07, 6.45) is 0. The molecule has 0 saturated carbocycles. The van der Waals surface area contributed by atoms with Gasteiger partial charge in [-0.1, -0.05) is 48.0 Å². The van der Waals surface area contributed by atoms with Crippen LogP contribution < -0.4 is 9.04 Å². The van der Waals surface area contributed by atoms with Crippen molar-refractivity contribution < 1.29 is 23.1 Å². The lowest BCUT2D eigenvalue weighted by molar-refractivity contribution is -0.116. The predicted molar refractivity (Wildman–Crippen MR) is 128 cm³/mol. The fraction of sp³-hybridized carbons (Fsp3) is 0.0870. The predicted octanol–water partition coefficient (Wildman–Crippen LogP) is 5.04. The normalized spacial score (nSPS) is 11.7. The highest BCUT2D eigenvalue weighted by molar-refractivity contribution is 7.92. The number of carbonyl (C=O) groups is 1. The number of hydrogen-bond donors (Lipinski definition) is 2. The Morgan fingerprint density at radius 3 is 2.50 bits per heavy atom. The number of aromatic amines is 1. The van der Waals surface area contributed by atoms with Crippen LogP contribution in [0.25, 0.3) is 10.9 Å². The molecule has 11 heteroatoms. The first-order chi connectivity index (χ1) is 16.3. The molecule has 0 bridgehead atoms. The Balaban J connectivity index is 1.69. The molecule has 2 N–H and O–H groups in total. The second-order valence-electron chi connectivity index (χ2n) is 7.11. The van der Waals surface area contributed by atoms with E-state index in [4.69, 9.17) is 16.3 Å². The van der Waals surface area contributed by atoms with E-state index in [1.54, 1.807) is 42.5 Å². The molecule has 0 radical (unpaired) electrons. The van der Waals surface area contributed by atoms with Gasteiger partial charge >= 0.3 is 0 Å². The number of aromatic hydroxyl groups is 1. The number of para-hydroxylation sites is 1. The standard InChI is InChI=1S/C23H19ClN4O5S/c1-33-20-12-11-15(13-18(20)24)28(34(31,32)16-7-3-2-4-8-16)14-21(29)26-27-22-17-9-5-6-10-19(17)25-23(22)30/h2-13,25,30H,14H2,1H3. The van der Waals surface area contributed by atoms with Crippen LogP contribution in [0.1, 0.15) is 0 Å². The van der Waals surface area contributed by atoms with Gasteiger partial charge in [0.25, 0.3) is 15.9 Å². The molecule has 1 aromatic heterocycles. The molecule has 4 rings (SSSR count). The van der Waals surface area contributed by atoms with Crippen molar-refractivity contribution in [2.24, 2.45) is 10.2 Å². The lowest BCUT2D eigenvalue weighted by Gasteiger charge is -2.23. The average molecular weight is 499 g/mol. The Bertz CT molecular complexity index is 1490. The first-order valence-electron chi connectivity index (χ1n) is 9.97. The zero-order valence-corrected chi connectivity index (χ0v) is 19.4. The number of hydrogen-bond acceptors (Lipinski definition) is 6. The summed E-state index contributed by atoms with van der Waals surface area (Å²) in [7, 11) is -2.71. The molecule has 0 saturated heterocycles. The van der Waals surface area contributed by atoms with Gasteiger partial charge in [-0.3, -0.25) is 9.10 Å². The summed E-state index contributed by atoms with van der Waals surface area (Å²) in [6, 6.07) is 19.0. The van der Waals surface area contributed by atoms with Gasteiger partial charge in [-0.05, 0) is 36.4 Å². The molecule has 0 aliphatic rings. The van der Waals surface area contributed by atoms with Gasteiger partial charge in [0.1, 0.15) is 12.3 Å². The summed E-state index contributed by atoms with van der Waals surface area (Å²) >= 11 is 6.20. The van der Waals surface area contributed by atoms with E-state index < -0.39 is 22.5 Å². The van der Waals surface area contributed by atoms with Crippen molar-refractivity contribution in [2.45, 2.75) is 4.90 Å². The molecular formula is C23H19ClN4O5S. The lowest BCUT2D eigenvalue weighted by Crippen LogP contribution is -2.35. The molecule has 9 nitrogen and oxygen atoms in total. The summed E-state index contributed by atoms with van der Waals surface area (Å²) in [4.78, 5) is 15.5. The minimum absolute atomic E-state index is 0.0130. The quantitative estimate of drug-likeness (QED) is 0.345. The van der Waals surface area contributed by atoms with Crippen molar-refractivity contribution in [2.75, 3.05) is 18.0 Å². The number of H-pyrrole nitrogens is 1. The maximum absolute atomic E-state index is 13.4. The average Bonchev–Trinajstić information content (AvgIpc) is 3.16. The number of benzene rings is 3. The summed E-state index contributed by atoms with van der Waals surface area (Å²) < 4.78 is 32.8. The molecule has 0 aliphatic heterocycles. The van der Waals surface area contributed by atoms with E-state index in [9.17, 15) is 18.3 Å². The zero-order chi connectivity index (χ0) is 24.3. The lowest BCUT2D eigenvalue weighted by atomic mass is 10.2. The van der Waals surface area contributed by atoms with Crippen molar-refractivity contribution in [3.8, 4) is 11.6 Å². The molecule has 1 amide bonds. The third-order valence-corrected chi connectivity index (χ3v) is 7.04. The maximum atomic E-state index is 13.4. The number of azo groups is 1. The highest BCUT2D eigenvalue weighted by atomic mass is 35.5. The molecule has 0 spiro atoms. The Morgan fingerprint density at radius 1 is 1.09 bits per heavy atom. The monoisotopic (exact) mass is 498 g/mol. The van der Waals surface area contributed by atoms with Crippen LogP contribution in [0, 0.1) is 0 Å². The van der Waals surface area contributed by atoms with Crippen LogP contribution in [0.2, 0.25) is 5.02 Å². The van der Waals surface area contributed by atoms with Gasteiger partial charge in [0.2, 0.25) is 5.88 Å². The Kier molecular flexibility index (Phi) is 6.53. The van der Waals surface area contributed by atoms with Crippen LogP contribution in [0.4, 0.5) is 11.4 Å². The number of nitrogens with one attached hydrogen (secondary N) is 1. The van der Waals surface area contributed by atoms with Crippen molar-refractivity contribution in [1.82, 2.24) is 4.98 Å². The highest BCUT2D eigenvalue weighted by Gasteiger charge is 2.28. The number of amides is 1. The van der Waals surface area contributed by atoms with E-state index in [1.807, 2.05) is 0 Å². The number of fused-ring (bicyclic) bond motifs is 1. The van der Waals surface area contributed by atoms with Crippen molar-refractivity contribution in [3.05, 3.63) is 77.8 Å². The van der Waals surface area contributed by atoms with Crippen LogP contribution in [-0.2, 0) is 14.8 Å². The molecule has 34 heavy (non-hydrogen) atoms. The Morgan fingerprint density at radius 2 is 1.79 bits per heavy atom. The number of ether oxygens (including phenoxy) is 1. The van der Waals surface area contributed by atoms with Gasteiger partial charge in [-0.15, -0.1) is 10.2 Å². The largest absolute Gasteiger partial charge is 0.495 e. The number of carbonyl (C=O) groups excluding carboxylic acids is 1. The fourth-order valence-electron chi connectivity index (χ4n) is 3.32. The van der Waals surface area contributed by atoms with E-state index in [2.05, 4.69) is 15.2 Å². The smallest absolute Gasteiger partial charge is 0.285 e. The molecule has 174 valence electrons. The molecule has 0 atom stereocenters. The number of anilines is 1. The van der Waals surface area contributed by atoms with Gasteiger partial charge in [0.05, 0.1) is 28.2 Å². The number of nitrogens with zero attached hydrogens (tertiary/aromatic N) is 3. The summed E-state index contributed by atoms with van der Waals surface area (Å²) in [5, 5.41) is 18.4. The van der Waals surface area contributed by atoms with E-state index in [0.29, 0.717) is 16.7 Å². The number of halogens is 1. The van der Waals surface area contributed by atoms with Crippen LogP contribution in [0.5, 0.6) is 11.6 Å². The number of methoxy groups -OCH3 is 1. The molecule has 0 unspecified atom stereocenters. The van der Waals surface area contributed by atoms with Crippen molar-refractivity contribution >= 4 is 49.8 Å². The third kappa shape index (κ3) is 4.59. The fourth-order valence-corrected chi connectivity index (χ4v) is 5.00. The SMILES string of the molecule is COc1ccc(N(CC(=O)N=Nc2c(O)[nH]c3ccccc23)S(=O)(=O)c2ccccc2)cc1Cl. The summed E-state index contributed by atoms with van der Waals surface area (Å²) in [6.45, 7) is -0.646. The van der Waals surface area contributed by atoms with Gasteiger partial charge in [-0.25, -0.2) is 8.42 Å². The highest BCUT2D eigenvalue weighted by Crippen LogP contribution is 2.35. The van der Waals surface area contributed by atoms with E-state index in [1.165, 1.54) is 37.4 Å². The molecule has 4 aromatic rings. The van der Waals surface area contributed by atoms with Gasteiger partial charge in [-0.2, -0.15) is 0 Å². The minimum Gasteiger partial charge on any atom is -0.495 e. The number of rotatable bonds is 7. The van der Waals surface area contributed by atoms with Gasteiger partial charge in [0, 0.05) is 5.39 Å². The Labute approximate surface area is 200 Å². The number of aromatic nitrogens is 1.